The van der Waals surface area contributed by atoms with Crippen LogP contribution < -0.4 is 5.73 Å². The van der Waals surface area contributed by atoms with Gasteiger partial charge in [-0.3, -0.25) is 0 Å². The van der Waals surface area contributed by atoms with Gasteiger partial charge in [0.1, 0.15) is 12.7 Å². The van der Waals surface area contributed by atoms with Crippen LogP contribution in [0.2, 0.25) is 0 Å². The zero-order valence-corrected chi connectivity index (χ0v) is 15.0. The topological polar surface area (TPSA) is 131 Å². The molecule has 0 amide bonds. The summed E-state index contributed by atoms with van der Waals surface area (Å²) < 4.78 is 0. The van der Waals surface area contributed by atoms with Crippen molar-refractivity contribution in [1.82, 2.24) is 0 Å². The average molecular weight is 359 g/mol. The zero-order valence-electron chi connectivity index (χ0n) is 15.0. The van der Waals surface area contributed by atoms with Crippen molar-refractivity contribution in [3.8, 4) is 0 Å². The Hall–Kier alpha value is -1.64. The first-order chi connectivity index (χ1) is 11.7. The molecule has 0 heterocycles. The summed E-state index contributed by atoms with van der Waals surface area (Å²) in [5, 5.41) is 19.5. The molecule has 2 aliphatic carbocycles. The number of hydrogen-bond donors (Lipinski definition) is 1. The minimum atomic E-state index is -0.931. The Morgan fingerprint density at radius 1 is 1.24 bits per heavy atom. The van der Waals surface area contributed by atoms with Crippen LogP contribution in [0.1, 0.15) is 58.8 Å². The molecular formula is C16H29N3O6. The minimum absolute atomic E-state index is 0.106. The molecule has 2 rings (SSSR count). The molecule has 2 saturated carbocycles. The van der Waals surface area contributed by atoms with Crippen molar-refractivity contribution >= 4 is 0 Å². The predicted molar refractivity (Wildman–Crippen MR) is 89.4 cm³/mol. The van der Waals surface area contributed by atoms with E-state index in [0.717, 1.165) is 38.5 Å². The first-order valence-electron chi connectivity index (χ1n) is 8.94. The molecule has 0 radical (unpaired) electrons. The fourth-order valence-electron chi connectivity index (χ4n) is 5.80. The number of nitrogens with two attached hydrogens (primary N) is 1. The average Bonchev–Trinajstić information content (AvgIpc) is 2.41. The molecule has 144 valence electrons. The molecule has 9 nitrogen and oxygen atoms in total. The van der Waals surface area contributed by atoms with Crippen LogP contribution in [0.25, 0.3) is 0 Å². The van der Waals surface area contributed by atoms with Gasteiger partial charge in [0.05, 0.1) is 0 Å². The lowest BCUT2D eigenvalue weighted by Gasteiger charge is -2.55. The molecule has 5 atom stereocenters. The fourth-order valence-corrected chi connectivity index (χ4v) is 5.80. The van der Waals surface area contributed by atoms with E-state index in [1.54, 1.807) is 0 Å². The maximum atomic E-state index is 10.8. The summed E-state index contributed by atoms with van der Waals surface area (Å²) >= 11 is 0. The summed E-state index contributed by atoms with van der Waals surface area (Å²) in [7, 11) is 0. The fraction of sp³-hybridized carbons (Fsp3) is 1.00. The zero-order chi connectivity index (χ0) is 18.7. The van der Waals surface area contributed by atoms with Gasteiger partial charge in [-0.15, -0.1) is 20.2 Å². The van der Waals surface area contributed by atoms with Crippen molar-refractivity contribution in [3.63, 3.8) is 0 Å². The maximum Gasteiger partial charge on any atom is 0.294 e. The lowest BCUT2D eigenvalue weighted by Crippen LogP contribution is -2.47. The van der Waals surface area contributed by atoms with E-state index in [2.05, 4.69) is 18.7 Å². The SMILES string of the molecule is CC1CC2CC(C)(CCN)CC(CC(CO[N+](=O)[O-])O[N+](=O)[O-])(C1)C2. The molecule has 5 unspecified atom stereocenters. The Bertz CT molecular complexity index is 500. The molecule has 0 aliphatic heterocycles. The van der Waals surface area contributed by atoms with Crippen molar-refractivity contribution in [2.24, 2.45) is 28.4 Å². The quantitative estimate of drug-likeness (QED) is 0.494. The Labute approximate surface area is 147 Å². The van der Waals surface area contributed by atoms with E-state index in [1.807, 2.05) is 0 Å². The van der Waals surface area contributed by atoms with Gasteiger partial charge in [0.2, 0.25) is 0 Å². The second kappa shape index (κ2) is 7.72. The lowest BCUT2D eigenvalue weighted by molar-refractivity contribution is -0.790. The van der Waals surface area contributed by atoms with Gasteiger partial charge in [-0.05, 0) is 74.2 Å². The Kier molecular flexibility index (Phi) is 6.08. The van der Waals surface area contributed by atoms with Crippen molar-refractivity contribution < 1.29 is 19.8 Å². The largest absolute Gasteiger partial charge is 0.330 e. The second-order valence-electron chi connectivity index (χ2n) is 8.52. The number of fused-ring (bicyclic) bond motifs is 2. The summed E-state index contributed by atoms with van der Waals surface area (Å²) in [5.41, 5.74) is 5.81. The molecule has 2 bridgehead atoms. The second-order valence-corrected chi connectivity index (χ2v) is 8.52. The van der Waals surface area contributed by atoms with Gasteiger partial charge in [-0.1, -0.05) is 13.8 Å². The third-order valence-electron chi connectivity index (χ3n) is 5.83. The Morgan fingerprint density at radius 3 is 2.56 bits per heavy atom. The van der Waals surface area contributed by atoms with Crippen LogP contribution >= 0.6 is 0 Å². The molecular weight excluding hydrogens is 330 g/mol. The third-order valence-corrected chi connectivity index (χ3v) is 5.83. The van der Waals surface area contributed by atoms with E-state index in [1.165, 1.54) is 0 Å². The van der Waals surface area contributed by atoms with Gasteiger partial charge in [0, 0.05) is 0 Å². The number of rotatable bonds is 9. The van der Waals surface area contributed by atoms with Gasteiger partial charge in [0.25, 0.3) is 10.2 Å². The molecule has 2 N–H and O–H groups in total. The highest BCUT2D eigenvalue weighted by molar-refractivity contribution is 5.00. The first kappa shape index (κ1) is 19.7. The highest BCUT2D eigenvalue weighted by Gasteiger charge is 2.50. The van der Waals surface area contributed by atoms with Crippen molar-refractivity contribution in [2.45, 2.75) is 64.9 Å². The van der Waals surface area contributed by atoms with Gasteiger partial charge < -0.3 is 15.4 Å². The van der Waals surface area contributed by atoms with Gasteiger partial charge in [-0.2, -0.15) is 0 Å². The number of nitrogens with zero attached hydrogens (tertiary/aromatic N) is 2. The summed E-state index contributed by atoms with van der Waals surface area (Å²) in [6.07, 6.45) is 5.57. The lowest BCUT2D eigenvalue weighted by atomic mass is 9.50. The van der Waals surface area contributed by atoms with E-state index in [0.29, 0.717) is 24.8 Å². The molecule has 25 heavy (non-hydrogen) atoms. The van der Waals surface area contributed by atoms with Crippen molar-refractivity contribution in [3.05, 3.63) is 20.2 Å². The monoisotopic (exact) mass is 359 g/mol. The van der Waals surface area contributed by atoms with Crippen LogP contribution in [-0.2, 0) is 9.68 Å². The van der Waals surface area contributed by atoms with Crippen LogP contribution in [-0.4, -0.2) is 29.4 Å². The molecule has 2 fully saturated rings. The van der Waals surface area contributed by atoms with Crippen LogP contribution in [0, 0.1) is 42.9 Å². The van der Waals surface area contributed by atoms with E-state index >= 15 is 0 Å². The van der Waals surface area contributed by atoms with Crippen LogP contribution in [0.4, 0.5) is 0 Å². The van der Waals surface area contributed by atoms with E-state index in [-0.39, 0.29) is 10.8 Å². The Balaban J connectivity index is 2.17. The Morgan fingerprint density at radius 2 is 1.96 bits per heavy atom. The van der Waals surface area contributed by atoms with Crippen LogP contribution in [0.15, 0.2) is 0 Å². The summed E-state index contributed by atoms with van der Waals surface area (Å²) in [6.45, 7) is 4.66. The highest BCUT2D eigenvalue weighted by Crippen LogP contribution is 2.59. The van der Waals surface area contributed by atoms with Crippen LogP contribution in [0.3, 0.4) is 0 Å². The van der Waals surface area contributed by atoms with Crippen molar-refractivity contribution in [2.75, 3.05) is 13.2 Å². The van der Waals surface area contributed by atoms with Gasteiger partial charge >= 0.3 is 0 Å². The normalized spacial score (nSPS) is 35.6. The standard InChI is InChI=1S/C16H29N3O6/c1-12-5-13-7-15(2,3-4-17)11-16(6-12,8-13)9-14(25-19(22)23)10-24-18(20)21/h12-14H,3-11,17H2,1-2H3. The summed E-state index contributed by atoms with van der Waals surface area (Å²) in [4.78, 5) is 30.4. The molecule has 9 heteroatoms. The molecule has 0 saturated heterocycles. The third kappa shape index (κ3) is 5.42. The van der Waals surface area contributed by atoms with Gasteiger partial charge in [0.15, 0.2) is 0 Å². The van der Waals surface area contributed by atoms with E-state index in [9.17, 15) is 20.2 Å². The molecule has 0 spiro atoms. The van der Waals surface area contributed by atoms with Gasteiger partial charge in [-0.25, -0.2) is 0 Å². The highest BCUT2D eigenvalue weighted by atomic mass is 17.0. The van der Waals surface area contributed by atoms with Crippen LogP contribution in [0.5, 0.6) is 0 Å². The van der Waals surface area contributed by atoms with E-state index < -0.39 is 22.9 Å². The maximum absolute atomic E-state index is 10.8. The summed E-state index contributed by atoms with van der Waals surface area (Å²) in [5.74, 6) is 1.11. The number of hydrogen-bond acceptors (Lipinski definition) is 7. The minimum Gasteiger partial charge on any atom is -0.330 e. The molecule has 0 aromatic carbocycles. The molecule has 0 aromatic heterocycles. The molecule has 2 aliphatic rings. The smallest absolute Gasteiger partial charge is 0.294 e. The molecule has 0 aromatic rings. The first-order valence-corrected chi connectivity index (χ1v) is 8.94. The van der Waals surface area contributed by atoms with E-state index in [4.69, 9.17) is 10.6 Å². The predicted octanol–water partition coefficient (Wildman–Crippen LogP) is 2.73. The van der Waals surface area contributed by atoms with Crippen molar-refractivity contribution in [1.29, 1.82) is 0 Å². The summed E-state index contributed by atoms with van der Waals surface area (Å²) in [6, 6.07) is 0.